The summed E-state index contributed by atoms with van der Waals surface area (Å²) in [4.78, 5) is 26.8. The van der Waals surface area contributed by atoms with Crippen LogP contribution < -0.4 is 19.7 Å². The van der Waals surface area contributed by atoms with Crippen molar-refractivity contribution in [2.75, 3.05) is 30.2 Å². The van der Waals surface area contributed by atoms with E-state index in [1.165, 1.54) is 36.0 Å². The topological polar surface area (TPSA) is 67.9 Å². The van der Waals surface area contributed by atoms with E-state index in [0.717, 1.165) is 5.56 Å². The van der Waals surface area contributed by atoms with E-state index in [0.29, 0.717) is 34.2 Å². The molecule has 1 fully saturated rings. The van der Waals surface area contributed by atoms with Gasteiger partial charge in [-0.25, -0.2) is 4.39 Å². The van der Waals surface area contributed by atoms with Crippen molar-refractivity contribution in [3.63, 3.8) is 0 Å². The number of halogens is 1. The maximum atomic E-state index is 13.1. The monoisotopic (exact) mass is 452 g/mol. The molecule has 32 heavy (non-hydrogen) atoms. The molecule has 3 aromatic rings. The number of hydrogen-bond acceptors (Lipinski definition) is 5. The smallest absolute Gasteiger partial charge is 0.255 e. The molecule has 2 amide bonds. The van der Waals surface area contributed by atoms with Crippen LogP contribution in [0.25, 0.3) is 0 Å². The third kappa shape index (κ3) is 4.40. The molecule has 0 aromatic heterocycles. The summed E-state index contributed by atoms with van der Waals surface area (Å²) in [6.07, 6.45) is 0. The highest BCUT2D eigenvalue weighted by Crippen LogP contribution is 2.45. The van der Waals surface area contributed by atoms with Crippen LogP contribution in [0.5, 0.6) is 11.5 Å². The van der Waals surface area contributed by atoms with Gasteiger partial charge >= 0.3 is 0 Å². The minimum absolute atomic E-state index is 0.0165. The summed E-state index contributed by atoms with van der Waals surface area (Å²) in [5, 5.41) is 2.57. The molecule has 8 heteroatoms. The number of nitrogens with zero attached hydrogens (tertiary/aromatic N) is 1. The van der Waals surface area contributed by atoms with Crippen LogP contribution in [0.15, 0.2) is 66.7 Å². The summed E-state index contributed by atoms with van der Waals surface area (Å²) >= 11 is 1.52. The lowest BCUT2D eigenvalue weighted by Crippen LogP contribution is -2.28. The summed E-state index contributed by atoms with van der Waals surface area (Å²) in [6.45, 7) is 0. The standard InChI is InChI=1S/C24H21FN2O4S/c1-30-19-11-12-20(21(13-19)31-2)27-22(28)14-32-24(27)16-5-9-18(10-6-16)26-23(29)15-3-7-17(25)8-4-15/h3-13,24H,14H2,1-2H3,(H,26,29). The second-order valence-electron chi connectivity index (χ2n) is 7.05. The van der Waals surface area contributed by atoms with Gasteiger partial charge in [-0.3, -0.25) is 14.5 Å². The number of anilines is 2. The average Bonchev–Trinajstić information content (AvgIpc) is 3.20. The first-order valence-corrected chi connectivity index (χ1v) is 10.9. The van der Waals surface area contributed by atoms with Crippen LogP contribution >= 0.6 is 11.8 Å². The molecule has 1 unspecified atom stereocenters. The van der Waals surface area contributed by atoms with Crippen molar-refractivity contribution in [2.24, 2.45) is 0 Å². The van der Waals surface area contributed by atoms with E-state index in [-0.39, 0.29) is 17.2 Å². The molecule has 3 aromatic carbocycles. The lowest BCUT2D eigenvalue weighted by molar-refractivity contribution is -0.115. The Hall–Kier alpha value is -3.52. The Bertz CT molecular complexity index is 1140. The first-order chi connectivity index (χ1) is 15.5. The zero-order valence-electron chi connectivity index (χ0n) is 17.5. The highest BCUT2D eigenvalue weighted by atomic mass is 32.2. The zero-order chi connectivity index (χ0) is 22.7. The number of thioether (sulfide) groups is 1. The Morgan fingerprint density at radius 3 is 2.41 bits per heavy atom. The van der Waals surface area contributed by atoms with E-state index in [9.17, 15) is 14.0 Å². The van der Waals surface area contributed by atoms with Gasteiger partial charge < -0.3 is 14.8 Å². The Kier molecular flexibility index (Phi) is 6.32. The molecular weight excluding hydrogens is 431 g/mol. The van der Waals surface area contributed by atoms with Crippen molar-refractivity contribution in [2.45, 2.75) is 5.37 Å². The van der Waals surface area contributed by atoms with E-state index in [1.54, 1.807) is 43.4 Å². The van der Waals surface area contributed by atoms with Crippen LogP contribution in [0.4, 0.5) is 15.8 Å². The molecule has 0 radical (unpaired) electrons. The minimum Gasteiger partial charge on any atom is -0.497 e. The molecule has 1 aliphatic rings. The first kappa shape index (κ1) is 21.7. The fraction of sp³-hybridized carbons (Fsp3) is 0.167. The summed E-state index contributed by atoms with van der Waals surface area (Å²) in [5.41, 5.74) is 2.55. The molecule has 0 saturated carbocycles. The van der Waals surface area contributed by atoms with E-state index in [2.05, 4.69) is 5.32 Å². The van der Waals surface area contributed by atoms with Crippen molar-refractivity contribution in [1.29, 1.82) is 0 Å². The summed E-state index contributed by atoms with van der Waals surface area (Å²) in [6, 6.07) is 18.0. The number of amides is 2. The number of carbonyl (C=O) groups is 2. The van der Waals surface area contributed by atoms with E-state index >= 15 is 0 Å². The minimum atomic E-state index is -0.396. The second kappa shape index (κ2) is 9.32. The molecule has 0 bridgehead atoms. The Labute approximate surface area is 189 Å². The fourth-order valence-corrected chi connectivity index (χ4v) is 4.62. The zero-order valence-corrected chi connectivity index (χ0v) is 18.3. The number of ether oxygens (including phenoxy) is 2. The number of carbonyl (C=O) groups excluding carboxylic acids is 2. The molecular formula is C24H21FN2O4S. The maximum absolute atomic E-state index is 13.1. The molecule has 0 aliphatic carbocycles. The maximum Gasteiger partial charge on any atom is 0.255 e. The number of benzene rings is 3. The molecule has 1 atom stereocenters. The van der Waals surface area contributed by atoms with Gasteiger partial charge in [-0.2, -0.15) is 0 Å². The van der Waals surface area contributed by atoms with E-state index < -0.39 is 5.82 Å². The van der Waals surface area contributed by atoms with Gasteiger partial charge in [-0.05, 0) is 54.1 Å². The van der Waals surface area contributed by atoms with Crippen molar-refractivity contribution < 1.29 is 23.5 Å². The van der Waals surface area contributed by atoms with Gasteiger partial charge in [0.05, 0.1) is 25.7 Å². The van der Waals surface area contributed by atoms with Crippen LogP contribution in [-0.2, 0) is 4.79 Å². The third-order valence-corrected chi connectivity index (χ3v) is 6.29. The van der Waals surface area contributed by atoms with Crippen LogP contribution in [0.3, 0.4) is 0 Å². The van der Waals surface area contributed by atoms with Gasteiger partial charge in [0.2, 0.25) is 5.91 Å². The summed E-state index contributed by atoms with van der Waals surface area (Å²) in [7, 11) is 3.13. The largest absolute Gasteiger partial charge is 0.497 e. The highest BCUT2D eigenvalue weighted by Gasteiger charge is 2.35. The SMILES string of the molecule is COc1ccc(N2C(=O)CSC2c2ccc(NC(=O)c3ccc(F)cc3)cc2)c(OC)c1. The van der Waals surface area contributed by atoms with Crippen molar-refractivity contribution in [3.05, 3.63) is 83.7 Å². The molecule has 164 valence electrons. The van der Waals surface area contributed by atoms with Crippen LogP contribution in [-0.4, -0.2) is 31.8 Å². The van der Waals surface area contributed by atoms with Gasteiger partial charge in [0, 0.05) is 17.3 Å². The van der Waals surface area contributed by atoms with Crippen LogP contribution in [0.1, 0.15) is 21.3 Å². The molecule has 4 rings (SSSR count). The number of nitrogens with one attached hydrogen (secondary N) is 1. The molecule has 1 saturated heterocycles. The Balaban J connectivity index is 1.55. The van der Waals surface area contributed by atoms with Crippen molar-refractivity contribution >= 4 is 35.0 Å². The van der Waals surface area contributed by atoms with Crippen LogP contribution in [0, 0.1) is 5.82 Å². The third-order valence-electron chi connectivity index (χ3n) is 5.07. The Morgan fingerprint density at radius 1 is 1.03 bits per heavy atom. The van der Waals surface area contributed by atoms with Crippen molar-refractivity contribution in [3.8, 4) is 11.5 Å². The normalized spacial score (nSPS) is 15.5. The molecule has 1 N–H and O–H groups in total. The predicted octanol–water partition coefficient (Wildman–Crippen LogP) is 4.87. The molecule has 6 nitrogen and oxygen atoms in total. The lowest BCUT2D eigenvalue weighted by atomic mass is 10.1. The first-order valence-electron chi connectivity index (χ1n) is 9.82. The predicted molar refractivity (Wildman–Crippen MR) is 123 cm³/mol. The van der Waals surface area contributed by atoms with Gasteiger partial charge in [-0.1, -0.05) is 12.1 Å². The fourth-order valence-electron chi connectivity index (χ4n) is 3.45. The van der Waals surface area contributed by atoms with Gasteiger partial charge in [-0.15, -0.1) is 11.8 Å². The molecule has 1 heterocycles. The molecule has 1 aliphatic heterocycles. The van der Waals surface area contributed by atoms with Gasteiger partial charge in [0.1, 0.15) is 22.7 Å². The Morgan fingerprint density at radius 2 is 1.75 bits per heavy atom. The van der Waals surface area contributed by atoms with Crippen molar-refractivity contribution in [1.82, 2.24) is 0 Å². The highest BCUT2D eigenvalue weighted by molar-refractivity contribution is 8.00. The second-order valence-corrected chi connectivity index (χ2v) is 8.12. The number of hydrogen-bond donors (Lipinski definition) is 1. The quantitative estimate of drug-likeness (QED) is 0.578. The average molecular weight is 453 g/mol. The molecule has 0 spiro atoms. The summed E-state index contributed by atoms with van der Waals surface area (Å²) < 4.78 is 23.8. The van der Waals surface area contributed by atoms with Gasteiger partial charge in [0.15, 0.2) is 0 Å². The lowest BCUT2D eigenvalue weighted by Gasteiger charge is -2.26. The van der Waals surface area contributed by atoms with Crippen LogP contribution in [0.2, 0.25) is 0 Å². The van der Waals surface area contributed by atoms with Gasteiger partial charge in [0.25, 0.3) is 5.91 Å². The number of methoxy groups -OCH3 is 2. The van der Waals surface area contributed by atoms with E-state index in [1.807, 2.05) is 18.2 Å². The van der Waals surface area contributed by atoms with E-state index in [4.69, 9.17) is 9.47 Å². The number of rotatable bonds is 6. The summed E-state index contributed by atoms with van der Waals surface area (Å²) in [5.74, 6) is 0.802.